The van der Waals surface area contributed by atoms with E-state index in [1.54, 1.807) is 0 Å². The van der Waals surface area contributed by atoms with Gasteiger partial charge in [-0.05, 0) is 0 Å². The van der Waals surface area contributed by atoms with Crippen molar-refractivity contribution >= 4 is 9.30 Å². The van der Waals surface area contributed by atoms with E-state index in [9.17, 15) is 0 Å². The molecule has 0 spiro atoms. The van der Waals surface area contributed by atoms with Crippen LogP contribution in [0.4, 0.5) is 0 Å². The Bertz CT molecular complexity index is 167. The van der Waals surface area contributed by atoms with Crippen LogP contribution in [-0.4, -0.2) is 19.8 Å². The molecule has 0 radical (unpaired) electrons. The number of rotatable bonds is 9. The van der Waals surface area contributed by atoms with Gasteiger partial charge in [0, 0.05) is 0 Å². The molecule has 0 unspecified atom stereocenters. The van der Waals surface area contributed by atoms with Crippen LogP contribution >= 0.6 is 9.30 Å². The summed E-state index contributed by atoms with van der Waals surface area (Å²) in [5.74, 6) is 1.30. The molecular weight excluding hydrogens is 275 g/mol. The first-order valence-corrected chi connectivity index (χ1v) is 10.4. The molecule has 0 bridgehead atoms. The fourth-order valence-corrected chi connectivity index (χ4v) is 4.59. The second kappa shape index (κ2) is 8.90. The van der Waals surface area contributed by atoms with Crippen LogP contribution in [0.1, 0.15) is 41.5 Å². The zero-order chi connectivity index (χ0) is 13.5. The van der Waals surface area contributed by atoms with Crippen LogP contribution in [0.2, 0.25) is 0 Å². The Labute approximate surface area is 115 Å². The fourth-order valence-electron chi connectivity index (χ4n) is 0.924. The maximum atomic E-state index is 6.39. The summed E-state index contributed by atoms with van der Waals surface area (Å²) in [5.41, 5.74) is 0. The van der Waals surface area contributed by atoms with Crippen molar-refractivity contribution in [3.8, 4) is 0 Å². The molecule has 0 heterocycles. The predicted molar refractivity (Wildman–Crippen MR) is 68.2 cm³/mol. The second-order valence-electron chi connectivity index (χ2n) is 5.60. The van der Waals surface area contributed by atoms with Crippen LogP contribution in [0.15, 0.2) is 0 Å². The van der Waals surface area contributed by atoms with Crippen LogP contribution in [0.5, 0.6) is 0 Å². The van der Waals surface area contributed by atoms with E-state index in [1.165, 1.54) is 0 Å². The maximum absolute atomic E-state index is 6.39. The van der Waals surface area contributed by atoms with Crippen molar-refractivity contribution in [2.24, 2.45) is 17.8 Å². The van der Waals surface area contributed by atoms with E-state index < -0.39 is 16.7 Å². The molecule has 0 aliphatic carbocycles. The number of halogens is 1. The third kappa shape index (κ3) is 10.5. The molecular formula is C12H27ClO3Ti. The Morgan fingerprint density at radius 1 is 0.706 bits per heavy atom. The van der Waals surface area contributed by atoms with Gasteiger partial charge in [0.2, 0.25) is 0 Å². The van der Waals surface area contributed by atoms with Crippen molar-refractivity contribution in [1.82, 2.24) is 0 Å². The van der Waals surface area contributed by atoms with Crippen LogP contribution in [0, 0.1) is 17.8 Å². The van der Waals surface area contributed by atoms with Crippen LogP contribution in [-0.2, 0) is 26.6 Å². The second-order valence-corrected chi connectivity index (χ2v) is 10.4. The molecule has 0 saturated carbocycles. The molecule has 0 aliphatic rings. The van der Waals surface area contributed by atoms with Gasteiger partial charge in [0.15, 0.2) is 0 Å². The Morgan fingerprint density at radius 2 is 0.941 bits per heavy atom. The number of hydrogen-bond donors (Lipinski definition) is 0. The first-order valence-electron chi connectivity index (χ1n) is 6.36. The van der Waals surface area contributed by atoms with Gasteiger partial charge in [-0.3, -0.25) is 0 Å². The van der Waals surface area contributed by atoms with Gasteiger partial charge in [-0.25, -0.2) is 0 Å². The molecule has 104 valence electrons. The van der Waals surface area contributed by atoms with Crippen molar-refractivity contribution in [2.75, 3.05) is 19.8 Å². The summed E-state index contributed by atoms with van der Waals surface area (Å²) in [6.45, 7) is 14.3. The Morgan fingerprint density at radius 3 is 1.12 bits per heavy atom. The molecule has 0 fully saturated rings. The third-order valence-corrected chi connectivity index (χ3v) is 5.51. The summed E-state index contributed by atoms with van der Waals surface area (Å²) < 4.78 is 17.1. The average Bonchev–Trinajstić information content (AvgIpc) is 2.21. The van der Waals surface area contributed by atoms with E-state index in [0.717, 1.165) is 0 Å². The quantitative estimate of drug-likeness (QED) is 0.601. The summed E-state index contributed by atoms with van der Waals surface area (Å²) in [4.78, 5) is 0. The first kappa shape index (κ1) is 17.9. The van der Waals surface area contributed by atoms with Crippen LogP contribution in [0.3, 0.4) is 0 Å². The van der Waals surface area contributed by atoms with Gasteiger partial charge in [0.25, 0.3) is 0 Å². The zero-order valence-corrected chi connectivity index (χ0v) is 14.3. The predicted octanol–water partition coefficient (Wildman–Crippen LogP) is 4.06. The van der Waals surface area contributed by atoms with E-state index >= 15 is 0 Å². The van der Waals surface area contributed by atoms with E-state index in [1.807, 2.05) is 0 Å². The number of hydrogen-bond acceptors (Lipinski definition) is 3. The Hall–Kier alpha value is 0.884. The van der Waals surface area contributed by atoms with Gasteiger partial charge < -0.3 is 0 Å². The molecule has 0 atom stereocenters. The van der Waals surface area contributed by atoms with Crippen LogP contribution in [0.25, 0.3) is 0 Å². The van der Waals surface area contributed by atoms with Gasteiger partial charge in [-0.15, -0.1) is 0 Å². The van der Waals surface area contributed by atoms with Gasteiger partial charge >= 0.3 is 115 Å². The Balaban J connectivity index is 4.23. The molecule has 17 heavy (non-hydrogen) atoms. The van der Waals surface area contributed by atoms with Crippen molar-refractivity contribution in [1.29, 1.82) is 0 Å². The van der Waals surface area contributed by atoms with Gasteiger partial charge in [-0.1, -0.05) is 0 Å². The summed E-state index contributed by atoms with van der Waals surface area (Å²) in [6, 6.07) is 0. The van der Waals surface area contributed by atoms with E-state index in [-0.39, 0.29) is 0 Å². The molecule has 0 amide bonds. The van der Waals surface area contributed by atoms with Crippen molar-refractivity contribution in [3.63, 3.8) is 0 Å². The van der Waals surface area contributed by atoms with E-state index in [0.29, 0.717) is 37.6 Å². The topological polar surface area (TPSA) is 27.7 Å². The van der Waals surface area contributed by atoms with Crippen LogP contribution < -0.4 is 0 Å². The molecule has 0 aromatic carbocycles. The summed E-state index contributed by atoms with van der Waals surface area (Å²) in [7, 11) is 6.39. The molecule has 5 heteroatoms. The molecule has 0 aromatic heterocycles. The SMILES string of the molecule is CC(C)C[O][Ti]([Cl])([O]CC(C)C)[O]CC(C)C. The normalized spacial score (nSPS) is 13.1. The molecule has 0 aliphatic heterocycles. The van der Waals surface area contributed by atoms with E-state index in [2.05, 4.69) is 41.5 Å². The molecule has 0 aromatic rings. The molecule has 0 rings (SSSR count). The van der Waals surface area contributed by atoms with E-state index in [4.69, 9.17) is 19.3 Å². The zero-order valence-electron chi connectivity index (χ0n) is 12.0. The first-order chi connectivity index (χ1) is 7.75. The molecule has 3 nitrogen and oxygen atoms in total. The monoisotopic (exact) mass is 302 g/mol. The van der Waals surface area contributed by atoms with Crippen molar-refractivity contribution in [3.05, 3.63) is 0 Å². The summed E-state index contributed by atoms with van der Waals surface area (Å²) in [5, 5.41) is 0. The molecule has 0 saturated heterocycles. The third-order valence-electron chi connectivity index (χ3n) is 1.77. The van der Waals surface area contributed by atoms with Crippen molar-refractivity contribution < 1.29 is 26.6 Å². The van der Waals surface area contributed by atoms with Gasteiger partial charge in [-0.2, -0.15) is 0 Å². The molecule has 0 N–H and O–H groups in total. The summed E-state index contributed by atoms with van der Waals surface area (Å²) >= 11 is -3.50. The van der Waals surface area contributed by atoms with Gasteiger partial charge in [0.05, 0.1) is 0 Å². The summed E-state index contributed by atoms with van der Waals surface area (Å²) in [6.07, 6.45) is 0. The van der Waals surface area contributed by atoms with Crippen molar-refractivity contribution in [2.45, 2.75) is 41.5 Å². The Kier molecular flexibility index (Phi) is 9.36. The van der Waals surface area contributed by atoms with Gasteiger partial charge in [0.1, 0.15) is 0 Å². The fraction of sp³-hybridized carbons (Fsp3) is 1.00. The minimum absolute atomic E-state index is 0.434. The minimum atomic E-state index is -3.50. The average molecular weight is 303 g/mol. The standard InChI is InChI=1S/3C4H9O.ClH.Ti/c3*1-4(2)3-5;;/h3*4H,3H2,1-2H3;1H;/q3*-1;;+4/p-1.